The summed E-state index contributed by atoms with van der Waals surface area (Å²) in [5.74, 6) is -11.1. The lowest BCUT2D eigenvalue weighted by Crippen LogP contribution is -2.14. The molecule has 1 atom stereocenters. The number of halogens is 5. The predicted molar refractivity (Wildman–Crippen MR) is 59.2 cm³/mol. The van der Waals surface area contributed by atoms with Crippen LogP contribution in [-0.4, -0.2) is 10.1 Å². The van der Waals surface area contributed by atoms with Crippen LogP contribution in [0.25, 0.3) is 11.5 Å². The summed E-state index contributed by atoms with van der Waals surface area (Å²) in [6.07, 6.45) is 1.71. The normalized spacial score (nSPS) is 16.3. The Balaban J connectivity index is 2.08. The van der Waals surface area contributed by atoms with Crippen molar-refractivity contribution < 1.29 is 26.5 Å². The van der Waals surface area contributed by atoms with E-state index in [0.717, 1.165) is 12.8 Å². The summed E-state index contributed by atoms with van der Waals surface area (Å²) in [5, 5.41) is 3.43. The minimum atomic E-state index is -2.25. The average molecular weight is 305 g/mol. The van der Waals surface area contributed by atoms with Crippen LogP contribution in [0.3, 0.4) is 0 Å². The first kappa shape index (κ1) is 13.9. The first-order chi connectivity index (χ1) is 9.91. The molecular weight excluding hydrogens is 297 g/mol. The third-order valence-corrected chi connectivity index (χ3v) is 3.29. The molecule has 3 rings (SSSR count). The summed E-state index contributed by atoms with van der Waals surface area (Å²) in [7, 11) is 0. The van der Waals surface area contributed by atoms with Crippen LogP contribution in [0.1, 0.15) is 24.7 Å². The molecule has 1 aliphatic carbocycles. The summed E-state index contributed by atoms with van der Waals surface area (Å²) in [6.45, 7) is 0. The molecule has 1 heterocycles. The first-order valence-electron chi connectivity index (χ1n) is 6.02. The quantitative estimate of drug-likeness (QED) is 0.538. The van der Waals surface area contributed by atoms with Crippen LogP contribution >= 0.6 is 0 Å². The highest BCUT2D eigenvalue weighted by Gasteiger charge is 2.34. The number of hydrogen-bond acceptors (Lipinski definition) is 4. The maximum atomic E-state index is 13.6. The molecule has 1 aromatic heterocycles. The van der Waals surface area contributed by atoms with Gasteiger partial charge in [0.05, 0.1) is 6.04 Å². The summed E-state index contributed by atoms with van der Waals surface area (Å²) in [6, 6.07) is -0.594. The molecule has 1 aromatic carbocycles. The predicted octanol–water partition coefficient (Wildman–Crippen LogP) is 2.84. The molecule has 0 amide bonds. The van der Waals surface area contributed by atoms with Crippen molar-refractivity contribution in [3.8, 4) is 11.5 Å². The lowest BCUT2D eigenvalue weighted by Gasteiger charge is -2.04. The van der Waals surface area contributed by atoms with Crippen LogP contribution in [0.5, 0.6) is 0 Å². The molecule has 1 saturated carbocycles. The molecule has 1 unspecified atom stereocenters. The fraction of sp³-hybridized carbons (Fsp3) is 0.333. The van der Waals surface area contributed by atoms with Gasteiger partial charge >= 0.3 is 0 Å². The number of nitrogens with zero attached hydrogens (tertiary/aromatic N) is 2. The fourth-order valence-electron chi connectivity index (χ4n) is 1.93. The van der Waals surface area contributed by atoms with Crippen LogP contribution in [0.4, 0.5) is 22.0 Å². The first-order valence-corrected chi connectivity index (χ1v) is 6.02. The van der Waals surface area contributed by atoms with Crippen molar-refractivity contribution in [1.29, 1.82) is 0 Å². The topological polar surface area (TPSA) is 64.9 Å². The molecule has 1 fully saturated rings. The molecule has 0 spiro atoms. The van der Waals surface area contributed by atoms with Gasteiger partial charge in [0, 0.05) is 0 Å². The maximum Gasteiger partial charge on any atom is 0.264 e. The van der Waals surface area contributed by atoms with Crippen LogP contribution in [0.15, 0.2) is 4.52 Å². The fourth-order valence-corrected chi connectivity index (χ4v) is 1.93. The number of hydrogen-bond donors (Lipinski definition) is 1. The molecular formula is C12H8F5N3O. The highest BCUT2D eigenvalue weighted by atomic mass is 19.2. The smallest absolute Gasteiger partial charge is 0.264 e. The van der Waals surface area contributed by atoms with Gasteiger partial charge in [-0.1, -0.05) is 5.16 Å². The molecule has 0 saturated heterocycles. The second-order valence-electron chi connectivity index (χ2n) is 4.77. The van der Waals surface area contributed by atoms with Crippen molar-refractivity contribution in [3.05, 3.63) is 34.9 Å². The van der Waals surface area contributed by atoms with Crippen LogP contribution in [-0.2, 0) is 0 Å². The molecule has 0 aliphatic heterocycles. The van der Waals surface area contributed by atoms with Gasteiger partial charge in [-0.2, -0.15) is 4.98 Å². The molecule has 21 heavy (non-hydrogen) atoms. The number of rotatable bonds is 3. The monoisotopic (exact) mass is 305 g/mol. The van der Waals surface area contributed by atoms with Crippen molar-refractivity contribution in [3.63, 3.8) is 0 Å². The van der Waals surface area contributed by atoms with E-state index in [1.54, 1.807) is 0 Å². The Labute approximate surface area is 114 Å². The summed E-state index contributed by atoms with van der Waals surface area (Å²) >= 11 is 0. The van der Waals surface area contributed by atoms with E-state index in [1.165, 1.54) is 0 Å². The Hall–Kier alpha value is -2.03. The minimum Gasteiger partial charge on any atom is -0.334 e. The van der Waals surface area contributed by atoms with E-state index in [-0.39, 0.29) is 11.7 Å². The van der Waals surface area contributed by atoms with Gasteiger partial charge in [0.15, 0.2) is 29.1 Å². The zero-order valence-corrected chi connectivity index (χ0v) is 10.3. The molecule has 0 radical (unpaired) electrons. The second kappa shape index (κ2) is 4.76. The lowest BCUT2D eigenvalue weighted by atomic mass is 10.1. The zero-order chi connectivity index (χ0) is 15.3. The second-order valence-corrected chi connectivity index (χ2v) is 4.77. The van der Waals surface area contributed by atoms with Gasteiger partial charge in [0.25, 0.3) is 5.89 Å². The van der Waals surface area contributed by atoms with Crippen molar-refractivity contribution in [1.82, 2.24) is 10.1 Å². The molecule has 0 bridgehead atoms. The largest absolute Gasteiger partial charge is 0.334 e. The van der Waals surface area contributed by atoms with Gasteiger partial charge in [-0.3, -0.25) is 0 Å². The number of benzene rings is 1. The highest BCUT2D eigenvalue weighted by molar-refractivity contribution is 5.55. The molecule has 4 nitrogen and oxygen atoms in total. The van der Waals surface area contributed by atoms with Gasteiger partial charge in [-0.25, -0.2) is 22.0 Å². The summed E-state index contributed by atoms with van der Waals surface area (Å²) in [4.78, 5) is 3.64. The van der Waals surface area contributed by atoms with Crippen LogP contribution in [0.2, 0.25) is 0 Å². The Morgan fingerprint density at radius 2 is 1.48 bits per heavy atom. The van der Waals surface area contributed by atoms with Gasteiger partial charge in [0.1, 0.15) is 5.56 Å². The summed E-state index contributed by atoms with van der Waals surface area (Å²) < 4.78 is 70.9. The van der Waals surface area contributed by atoms with E-state index in [1.807, 2.05) is 0 Å². The third kappa shape index (κ3) is 2.17. The van der Waals surface area contributed by atoms with Crippen molar-refractivity contribution >= 4 is 0 Å². The van der Waals surface area contributed by atoms with E-state index < -0.39 is 46.6 Å². The number of nitrogens with two attached hydrogens (primary N) is 1. The standard InChI is InChI=1S/C12H8F5N3O/c13-5-4(6(14)8(16)9(17)7(5)15)12-19-11(20-21-12)10(18)3-1-2-3/h3,10H,1-2,18H2. The third-order valence-electron chi connectivity index (χ3n) is 3.29. The van der Waals surface area contributed by atoms with E-state index in [2.05, 4.69) is 14.7 Å². The Morgan fingerprint density at radius 3 is 2.00 bits per heavy atom. The SMILES string of the molecule is NC(c1noc(-c2c(F)c(F)c(F)c(F)c2F)n1)C1CC1. The van der Waals surface area contributed by atoms with Gasteiger partial charge in [-0.05, 0) is 18.8 Å². The number of aromatic nitrogens is 2. The van der Waals surface area contributed by atoms with Crippen molar-refractivity contribution in [2.75, 3.05) is 0 Å². The van der Waals surface area contributed by atoms with Gasteiger partial charge in [0.2, 0.25) is 5.82 Å². The zero-order valence-electron chi connectivity index (χ0n) is 10.3. The van der Waals surface area contributed by atoms with E-state index >= 15 is 0 Å². The van der Waals surface area contributed by atoms with Crippen LogP contribution in [0, 0.1) is 35.0 Å². The van der Waals surface area contributed by atoms with Gasteiger partial charge < -0.3 is 10.3 Å². The Kier molecular flexibility index (Phi) is 3.16. The Morgan fingerprint density at radius 1 is 0.952 bits per heavy atom. The summed E-state index contributed by atoms with van der Waals surface area (Å²) in [5.41, 5.74) is 4.51. The lowest BCUT2D eigenvalue weighted by molar-refractivity contribution is 0.371. The average Bonchev–Trinajstić information content (AvgIpc) is 3.21. The Bertz CT molecular complexity index is 684. The molecule has 9 heteroatoms. The van der Waals surface area contributed by atoms with E-state index in [0.29, 0.717) is 0 Å². The van der Waals surface area contributed by atoms with E-state index in [4.69, 9.17) is 5.73 Å². The molecule has 112 valence electrons. The molecule has 2 N–H and O–H groups in total. The molecule has 2 aromatic rings. The van der Waals surface area contributed by atoms with Gasteiger partial charge in [-0.15, -0.1) is 0 Å². The molecule has 1 aliphatic rings. The van der Waals surface area contributed by atoms with Crippen molar-refractivity contribution in [2.24, 2.45) is 11.7 Å². The van der Waals surface area contributed by atoms with Crippen molar-refractivity contribution in [2.45, 2.75) is 18.9 Å². The van der Waals surface area contributed by atoms with E-state index in [9.17, 15) is 22.0 Å². The maximum absolute atomic E-state index is 13.6. The van der Waals surface area contributed by atoms with Crippen LogP contribution < -0.4 is 5.73 Å². The highest BCUT2D eigenvalue weighted by Crippen LogP contribution is 2.39. The minimum absolute atomic E-state index is 0.0311.